The number of ether oxygens (including phenoxy) is 2. The number of benzene rings is 2. The zero-order valence-electron chi connectivity index (χ0n) is 30.5. The minimum absolute atomic E-state index is 0.258. The van der Waals surface area contributed by atoms with Crippen molar-refractivity contribution in [2.24, 2.45) is 0 Å². The molecule has 0 saturated carbocycles. The SMILES string of the molecule is CCCCCCCCCCC/C=C/C[C@@H](OCc1ccccc1)[C@@H](OCc1ccccc1)[C@H](O)CO[Si](C(C)C)(C(C)C)C(C)C. The topological polar surface area (TPSA) is 47.9 Å². The third-order valence-corrected chi connectivity index (χ3v) is 15.6. The number of allylic oxidation sites excluding steroid dienone is 1. The average Bonchev–Trinajstić information content (AvgIpc) is 3.04. The third-order valence-electron chi connectivity index (χ3n) is 9.56. The molecule has 0 aliphatic carbocycles. The van der Waals surface area contributed by atoms with Crippen molar-refractivity contribution in [3.8, 4) is 0 Å². The van der Waals surface area contributed by atoms with Crippen LogP contribution >= 0.6 is 0 Å². The molecule has 46 heavy (non-hydrogen) atoms. The van der Waals surface area contributed by atoms with Crippen LogP contribution in [0.3, 0.4) is 0 Å². The molecule has 0 aliphatic rings. The maximum atomic E-state index is 11.8. The lowest BCUT2D eigenvalue weighted by Gasteiger charge is -2.43. The summed E-state index contributed by atoms with van der Waals surface area (Å²) in [6.07, 6.45) is 16.7. The molecule has 2 rings (SSSR count). The molecule has 4 nitrogen and oxygen atoms in total. The van der Waals surface area contributed by atoms with Crippen LogP contribution in [0.5, 0.6) is 0 Å². The van der Waals surface area contributed by atoms with E-state index in [2.05, 4.69) is 84.9 Å². The summed E-state index contributed by atoms with van der Waals surface area (Å²) in [4.78, 5) is 0. The van der Waals surface area contributed by atoms with Crippen molar-refractivity contribution in [1.29, 1.82) is 0 Å². The Labute approximate surface area is 284 Å². The molecule has 0 aromatic heterocycles. The van der Waals surface area contributed by atoms with Crippen LogP contribution in [-0.4, -0.2) is 38.3 Å². The number of hydrogen-bond acceptors (Lipinski definition) is 4. The number of rotatable bonds is 26. The first-order valence-electron chi connectivity index (χ1n) is 18.5. The molecule has 2 aromatic carbocycles. The first-order valence-corrected chi connectivity index (χ1v) is 20.6. The van der Waals surface area contributed by atoms with Gasteiger partial charge < -0.3 is 19.0 Å². The fourth-order valence-corrected chi connectivity index (χ4v) is 12.5. The van der Waals surface area contributed by atoms with Gasteiger partial charge in [-0.2, -0.15) is 0 Å². The highest BCUT2D eigenvalue weighted by molar-refractivity contribution is 6.77. The highest BCUT2D eigenvalue weighted by atomic mass is 28.4. The molecule has 0 heterocycles. The number of hydrogen-bond donors (Lipinski definition) is 1. The van der Waals surface area contributed by atoms with Crippen molar-refractivity contribution in [2.45, 2.75) is 167 Å². The Bertz CT molecular complexity index is 1000. The van der Waals surface area contributed by atoms with E-state index >= 15 is 0 Å². The van der Waals surface area contributed by atoms with E-state index in [1.807, 2.05) is 36.4 Å². The summed E-state index contributed by atoms with van der Waals surface area (Å²) < 4.78 is 20.0. The maximum absolute atomic E-state index is 11.8. The lowest BCUT2D eigenvalue weighted by Crippen LogP contribution is -2.51. The number of aliphatic hydroxyl groups is 1. The summed E-state index contributed by atoms with van der Waals surface area (Å²) in [5.74, 6) is 0. The molecule has 2 aromatic rings. The van der Waals surface area contributed by atoms with E-state index in [0.717, 1.165) is 17.5 Å². The molecule has 0 saturated heterocycles. The molecule has 3 atom stereocenters. The van der Waals surface area contributed by atoms with Gasteiger partial charge in [0.15, 0.2) is 8.32 Å². The van der Waals surface area contributed by atoms with Crippen molar-refractivity contribution in [3.63, 3.8) is 0 Å². The van der Waals surface area contributed by atoms with Gasteiger partial charge in [0.05, 0.1) is 25.9 Å². The Balaban J connectivity index is 2.14. The molecule has 0 spiro atoms. The number of aliphatic hydroxyl groups excluding tert-OH is 1. The van der Waals surface area contributed by atoms with Gasteiger partial charge in [-0.3, -0.25) is 0 Å². The van der Waals surface area contributed by atoms with Gasteiger partial charge in [0, 0.05) is 0 Å². The Hall–Kier alpha value is -1.76. The average molecular weight is 653 g/mol. The van der Waals surface area contributed by atoms with Crippen molar-refractivity contribution < 1.29 is 19.0 Å². The second-order valence-corrected chi connectivity index (χ2v) is 19.6. The fourth-order valence-electron chi connectivity index (χ4n) is 7.05. The molecular weight excluding hydrogens is 585 g/mol. The molecule has 0 amide bonds. The standard InChI is InChI=1S/C41H68O4Si/c1-8-9-10-11-12-13-14-15-16-17-18-25-30-40(43-31-37-26-21-19-22-27-37)41(44-32-38-28-23-20-24-29-38)39(42)33-45-46(34(2)3,35(4)5)36(6)7/h18-29,34-36,39-42H,8-17,30-33H2,1-7H3/b25-18+/t39-,40-,41+/m1/s1. The van der Waals surface area contributed by atoms with E-state index in [4.69, 9.17) is 13.9 Å². The summed E-state index contributed by atoms with van der Waals surface area (Å²) >= 11 is 0. The number of unbranched alkanes of at least 4 members (excludes halogenated alkanes) is 9. The van der Waals surface area contributed by atoms with Gasteiger partial charge >= 0.3 is 0 Å². The highest BCUT2D eigenvalue weighted by Gasteiger charge is 2.46. The van der Waals surface area contributed by atoms with Crippen LogP contribution in [-0.2, 0) is 27.1 Å². The van der Waals surface area contributed by atoms with Gasteiger partial charge in [0.25, 0.3) is 0 Å². The first-order chi connectivity index (χ1) is 22.2. The van der Waals surface area contributed by atoms with E-state index < -0.39 is 20.5 Å². The van der Waals surface area contributed by atoms with Gasteiger partial charge in [-0.1, -0.05) is 173 Å². The van der Waals surface area contributed by atoms with Crippen molar-refractivity contribution in [3.05, 3.63) is 83.9 Å². The summed E-state index contributed by atoms with van der Waals surface area (Å²) in [6, 6.07) is 20.5. The predicted octanol–water partition coefficient (Wildman–Crippen LogP) is 11.6. The largest absolute Gasteiger partial charge is 0.413 e. The van der Waals surface area contributed by atoms with Crippen LogP contribution in [0.25, 0.3) is 0 Å². The molecule has 1 N–H and O–H groups in total. The minimum atomic E-state index is -2.16. The zero-order valence-corrected chi connectivity index (χ0v) is 31.5. The lowest BCUT2D eigenvalue weighted by atomic mass is 10.0. The van der Waals surface area contributed by atoms with Gasteiger partial charge in [0.1, 0.15) is 12.2 Å². The normalized spacial score (nSPS) is 14.5. The van der Waals surface area contributed by atoms with Crippen molar-refractivity contribution >= 4 is 8.32 Å². The first kappa shape index (κ1) is 40.4. The van der Waals surface area contributed by atoms with Crippen LogP contribution in [0.1, 0.15) is 130 Å². The quantitative estimate of drug-likeness (QED) is 0.0624. The fraction of sp³-hybridized carbons (Fsp3) is 0.659. The molecule has 0 radical (unpaired) electrons. The van der Waals surface area contributed by atoms with Crippen LogP contribution in [0.4, 0.5) is 0 Å². The van der Waals surface area contributed by atoms with E-state index in [9.17, 15) is 5.11 Å². The molecule has 5 heteroatoms. The second-order valence-electron chi connectivity index (χ2n) is 14.1. The Morgan fingerprint density at radius 3 is 1.61 bits per heavy atom. The summed E-state index contributed by atoms with van der Waals surface area (Å²) in [5.41, 5.74) is 3.52. The van der Waals surface area contributed by atoms with E-state index in [1.165, 1.54) is 57.8 Å². The predicted molar refractivity (Wildman–Crippen MR) is 199 cm³/mol. The molecule has 260 valence electrons. The molecular formula is C41H68O4Si. The van der Waals surface area contributed by atoms with Gasteiger partial charge in [0.2, 0.25) is 0 Å². The molecule has 0 fully saturated rings. The van der Waals surface area contributed by atoms with Crippen LogP contribution in [0.15, 0.2) is 72.8 Å². The van der Waals surface area contributed by atoms with Crippen LogP contribution < -0.4 is 0 Å². The van der Waals surface area contributed by atoms with Crippen molar-refractivity contribution in [1.82, 2.24) is 0 Å². The van der Waals surface area contributed by atoms with Gasteiger partial charge in [-0.25, -0.2) is 0 Å². The Kier molecular flexibility index (Phi) is 20.7. The Morgan fingerprint density at radius 1 is 0.630 bits per heavy atom. The third kappa shape index (κ3) is 14.6. The second kappa shape index (κ2) is 23.5. The molecule has 0 aliphatic heterocycles. The van der Waals surface area contributed by atoms with Crippen molar-refractivity contribution in [2.75, 3.05) is 6.61 Å². The monoisotopic (exact) mass is 652 g/mol. The maximum Gasteiger partial charge on any atom is 0.200 e. The van der Waals surface area contributed by atoms with E-state index in [1.54, 1.807) is 0 Å². The van der Waals surface area contributed by atoms with Gasteiger partial charge in [-0.05, 0) is 47.0 Å². The molecule has 0 bridgehead atoms. The highest BCUT2D eigenvalue weighted by Crippen LogP contribution is 2.42. The zero-order chi connectivity index (χ0) is 33.6. The Morgan fingerprint density at radius 2 is 1.11 bits per heavy atom. The van der Waals surface area contributed by atoms with E-state index in [-0.39, 0.29) is 12.7 Å². The summed E-state index contributed by atoms with van der Waals surface area (Å²) in [5, 5.41) is 11.8. The lowest BCUT2D eigenvalue weighted by molar-refractivity contribution is -0.139. The summed E-state index contributed by atoms with van der Waals surface area (Å²) in [6.45, 7) is 17.1. The van der Waals surface area contributed by atoms with Crippen LogP contribution in [0.2, 0.25) is 16.6 Å². The molecule has 0 unspecified atom stereocenters. The van der Waals surface area contributed by atoms with Gasteiger partial charge in [-0.15, -0.1) is 0 Å². The smallest absolute Gasteiger partial charge is 0.200 e. The summed E-state index contributed by atoms with van der Waals surface area (Å²) in [7, 11) is -2.16. The van der Waals surface area contributed by atoms with Crippen LogP contribution in [0, 0.1) is 0 Å². The minimum Gasteiger partial charge on any atom is -0.413 e. The van der Waals surface area contributed by atoms with E-state index in [0.29, 0.717) is 36.3 Å².